The van der Waals surface area contributed by atoms with Crippen LogP contribution in [0.2, 0.25) is 0 Å². The molecule has 0 unspecified atom stereocenters. The monoisotopic (exact) mass is 362 g/mol. The predicted molar refractivity (Wildman–Crippen MR) is 80.9 cm³/mol. The van der Waals surface area contributed by atoms with Crippen LogP contribution in [0.1, 0.15) is 38.6 Å². The lowest BCUT2D eigenvalue weighted by atomic mass is 10.1. The van der Waals surface area contributed by atoms with Crippen molar-refractivity contribution in [2.24, 2.45) is 0 Å². The van der Waals surface area contributed by atoms with Crippen molar-refractivity contribution in [1.29, 1.82) is 0 Å². The maximum atomic E-state index is 4.61. The van der Waals surface area contributed by atoms with E-state index in [1.54, 1.807) is 0 Å². The third kappa shape index (κ3) is 3.95. The minimum atomic E-state index is 0.930. The number of nitrogens with zero attached hydrogens (tertiary/aromatic N) is 2. The van der Waals surface area contributed by atoms with Gasteiger partial charge in [-0.15, -0.1) is 0 Å². The number of aryl methyl sites for hydroxylation is 2. The smallest absolute Gasteiger partial charge is 0.0766 e. The standard InChI is InChI=1S/C13H20Br2N2/c1-4-11-13(15)12(17(5-2)16-11)9-10(3)7-6-8-14/h7H,4-6,8-9H2,1-3H3. The molecule has 0 saturated heterocycles. The Morgan fingerprint density at radius 1 is 1.41 bits per heavy atom. The lowest BCUT2D eigenvalue weighted by Gasteiger charge is -2.05. The molecule has 96 valence electrons. The van der Waals surface area contributed by atoms with Gasteiger partial charge in [0.2, 0.25) is 0 Å². The van der Waals surface area contributed by atoms with Crippen LogP contribution in [0.25, 0.3) is 0 Å². The lowest BCUT2D eigenvalue weighted by Crippen LogP contribution is -2.03. The van der Waals surface area contributed by atoms with Crippen LogP contribution < -0.4 is 0 Å². The van der Waals surface area contributed by atoms with Gasteiger partial charge < -0.3 is 0 Å². The van der Waals surface area contributed by atoms with Crippen LogP contribution in [-0.2, 0) is 19.4 Å². The van der Waals surface area contributed by atoms with Gasteiger partial charge in [-0.1, -0.05) is 34.5 Å². The van der Waals surface area contributed by atoms with E-state index < -0.39 is 0 Å². The molecule has 0 aliphatic carbocycles. The van der Waals surface area contributed by atoms with E-state index in [2.05, 4.69) is 68.5 Å². The van der Waals surface area contributed by atoms with E-state index in [-0.39, 0.29) is 0 Å². The Morgan fingerprint density at radius 2 is 2.12 bits per heavy atom. The molecule has 0 fully saturated rings. The molecule has 0 aliphatic heterocycles. The fraction of sp³-hybridized carbons (Fsp3) is 0.615. The fourth-order valence-corrected chi connectivity index (χ4v) is 2.76. The normalized spacial score (nSPS) is 12.2. The second-order valence-corrected chi connectivity index (χ2v) is 5.67. The molecule has 1 heterocycles. The lowest BCUT2D eigenvalue weighted by molar-refractivity contribution is 0.619. The van der Waals surface area contributed by atoms with Crippen molar-refractivity contribution in [3.8, 4) is 0 Å². The van der Waals surface area contributed by atoms with E-state index >= 15 is 0 Å². The van der Waals surface area contributed by atoms with E-state index in [4.69, 9.17) is 0 Å². The molecular weight excluding hydrogens is 344 g/mol. The molecule has 0 aromatic carbocycles. The Morgan fingerprint density at radius 3 is 2.65 bits per heavy atom. The van der Waals surface area contributed by atoms with Crippen molar-refractivity contribution in [3.63, 3.8) is 0 Å². The van der Waals surface area contributed by atoms with Gasteiger partial charge in [-0.3, -0.25) is 4.68 Å². The Hall–Kier alpha value is -0.0900. The van der Waals surface area contributed by atoms with Crippen molar-refractivity contribution in [1.82, 2.24) is 9.78 Å². The Labute approximate surface area is 121 Å². The Balaban J connectivity index is 2.92. The second kappa shape index (κ2) is 7.37. The first-order valence-corrected chi connectivity index (χ1v) is 8.01. The molecule has 0 amide bonds. The summed E-state index contributed by atoms with van der Waals surface area (Å²) in [5.74, 6) is 0. The molecular formula is C13H20Br2N2. The van der Waals surface area contributed by atoms with Gasteiger partial charge in [0.15, 0.2) is 0 Å². The summed E-state index contributed by atoms with van der Waals surface area (Å²) in [5, 5.41) is 5.64. The van der Waals surface area contributed by atoms with Gasteiger partial charge in [-0.2, -0.15) is 5.10 Å². The van der Waals surface area contributed by atoms with Gasteiger partial charge in [0, 0.05) is 18.3 Å². The van der Waals surface area contributed by atoms with E-state index in [1.807, 2.05) is 0 Å². The highest BCUT2D eigenvalue weighted by atomic mass is 79.9. The molecule has 0 N–H and O–H groups in total. The summed E-state index contributed by atoms with van der Waals surface area (Å²) < 4.78 is 3.29. The SMILES string of the molecule is CCc1nn(CC)c(CC(C)=CCCBr)c1Br. The molecule has 2 nitrogen and oxygen atoms in total. The van der Waals surface area contributed by atoms with E-state index in [0.29, 0.717) is 0 Å². The first-order valence-electron chi connectivity index (χ1n) is 6.09. The summed E-state index contributed by atoms with van der Waals surface area (Å²) >= 11 is 7.13. The molecule has 0 aliphatic rings. The van der Waals surface area contributed by atoms with Gasteiger partial charge >= 0.3 is 0 Å². The zero-order valence-electron chi connectivity index (χ0n) is 10.8. The zero-order chi connectivity index (χ0) is 12.8. The van der Waals surface area contributed by atoms with Crippen LogP contribution >= 0.6 is 31.9 Å². The molecule has 1 aromatic rings. The van der Waals surface area contributed by atoms with Crippen LogP contribution in [0.4, 0.5) is 0 Å². The number of allylic oxidation sites excluding steroid dienone is 2. The fourth-order valence-electron chi connectivity index (χ4n) is 1.82. The van der Waals surface area contributed by atoms with Gasteiger partial charge in [0.05, 0.1) is 15.9 Å². The van der Waals surface area contributed by atoms with Crippen molar-refractivity contribution < 1.29 is 0 Å². The third-order valence-corrected chi connectivity index (χ3v) is 4.12. The first-order chi connectivity index (χ1) is 8.13. The number of aromatic nitrogens is 2. The summed E-state index contributed by atoms with van der Waals surface area (Å²) in [5.41, 5.74) is 3.87. The number of hydrogen-bond donors (Lipinski definition) is 0. The first kappa shape index (κ1) is 15.0. The van der Waals surface area contributed by atoms with Crippen LogP contribution in [0.15, 0.2) is 16.1 Å². The molecule has 0 atom stereocenters. The zero-order valence-corrected chi connectivity index (χ0v) is 13.9. The van der Waals surface area contributed by atoms with Gasteiger partial charge in [0.25, 0.3) is 0 Å². The van der Waals surface area contributed by atoms with Crippen molar-refractivity contribution in [2.45, 2.75) is 46.6 Å². The number of alkyl halides is 1. The Bertz CT molecular complexity index is 394. The van der Waals surface area contributed by atoms with Crippen LogP contribution in [0.5, 0.6) is 0 Å². The minimum Gasteiger partial charge on any atom is -0.268 e. The maximum Gasteiger partial charge on any atom is 0.0766 e. The van der Waals surface area contributed by atoms with Gasteiger partial charge in [0.1, 0.15) is 0 Å². The molecule has 4 heteroatoms. The molecule has 1 aromatic heterocycles. The van der Waals surface area contributed by atoms with Crippen molar-refractivity contribution in [2.75, 3.05) is 5.33 Å². The number of hydrogen-bond acceptors (Lipinski definition) is 1. The van der Waals surface area contributed by atoms with E-state index in [9.17, 15) is 0 Å². The summed E-state index contributed by atoms with van der Waals surface area (Å²) in [4.78, 5) is 0. The minimum absolute atomic E-state index is 0.930. The second-order valence-electron chi connectivity index (χ2n) is 4.08. The molecule has 0 saturated carbocycles. The topological polar surface area (TPSA) is 17.8 Å². The summed E-state index contributed by atoms with van der Waals surface area (Å²) in [6.45, 7) is 7.40. The highest BCUT2D eigenvalue weighted by Gasteiger charge is 2.13. The van der Waals surface area contributed by atoms with Gasteiger partial charge in [-0.25, -0.2) is 0 Å². The van der Waals surface area contributed by atoms with Gasteiger partial charge in [-0.05, 0) is 42.6 Å². The van der Waals surface area contributed by atoms with Crippen LogP contribution in [-0.4, -0.2) is 15.1 Å². The summed E-state index contributed by atoms with van der Waals surface area (Å²) in [6.07, 6.45) is 5.34. The largest absolute Gasteiger partial charge is 0.268 e. The quantitative estimate of drug-likeness (QED) is 0.537. The average Bonchev–Trinajstić information content (AvgIpc) is 2.63. The number of rotatable bonds is 6. The van der Waals surface area contributed by atoms with E-state index in [1.165, 1.54) is 15.7 Å². The Kier molecular flexibility index (Phi) is 6.49. The molecule has 0 spiro atoms. The highest BCUT2D eigenvalue weighted by molar-refractivity contribution is 9.10. The van der Waals surface area contributed by atoms with Crippen LogP contribution in [0, 0.1) is 0 Å². The molecule has 0 radical (unpaired) electrons. The van der Waals surface area contributed by atoms with Crippen molar-refractivity contribution in [3.05, 3.63) is 27.5 Å². The van der Waals surface area contributed by atoms with Crippen molar-refractivity contribution >= 4 is 31.9 Å². The molecule has 0 bridgehead atoms. The third-order valence-electron chi connectivity index (χ3n) is 2.74. The highest BCUT2D eigenvalue weighted by Crippen LogP contribution is 2.24. The summed E-state index contributed by atoms with van der Waals surface area (Å²) in [7, 11) is 0. The average molecular weight is 364 g/mol. The summed E-state index contributed by atoms with van der Waals surface area (Å²) in [6, 6.07) is 0. The molecule has 1 rings (SSSR count). The maximum absolute atomic E-state index is 4.61. The number of halogens is 2. The van der Waals surface area contributed by atoms with E-state index in [0.717, 1.165) is 36.8 Å². The predicted octanol–water partition coefficient (Wildman–Crippen LogP) is 4.50. The molecule has 17 heavy (non-hydrogen) atoms. The van der Waals surface area contributed by atoms with Crippen LogP contribution in [0.3, 0.4) is 0 Å².